The molecule has 0 atom stereocenters. The molecule has 0 unspecified atom stereocenters. The second-order valence-electron chi connectivity index (χ2n) is 6.70. The molecule has 1 amide bonds. The van der Waals surface area contributed by atoms with E-state index in [1.165, 1.54) is 19.4 Å². The average Bonchev–Trinajstić information content (AvgIpc) is 2.79. The van der Waals surface area contributed by atoms with Gasteiger partial charge in [0.2, 0.25) is 11.7 Å². The topological polar surface area (TPSA) is 103 Å². The maximum atomic E-state index is 12.0. The summed E-state index contributed by atoms with van der Waals surface area (Å²) in [6.07, 6.45) is 1.42. The van der Waals surface area contributed by atoms with Crippen LogP contribution >= 0.6 is 11.6 Å². The summed E-state index contributed by atoms with van der Waals surface area (Å²) in [5, 5.41) is 16.1. The normalized spacial score (nSPS) is 10.7. The summed E-state index contributed by atoms with van der Waals surface area (Å²) < 4.78 is 11.0. The summed E-state index contributed by atoms with van der Waals surface area (Å²) >= 11 is 5.83. The van der Waals surface area contributed by atoms with E-state index in [-0.39, 0.29) is 36.1 Å². The number of amides is 1. The largest absolute Gasteiger partial charge is 0.493 e. The molecule has 0 aliphatic carbocycles. The van der Waals surface area contributed by atoms with Crippen LogP contribution in [-0.2, 0) is 17.8 Å². The van der Waals surface area contributed by atoms with Gasteiger partial charge in [0.15, 0.2) is 5.75 Å². The first-order chi connectivity index (χ1) is 15.5. The number of hydrogen-bond donors (Lipinski definition) is 1. The number of rotatable bonds is 9. The molecule has 3 aromatic carbocycles. The molecule has 8 nitrogen and oxygen atoms in total. The van der Waals surface area contributed by atoms with Gasteiger partial charge in [0.25, 0.3) is 0 Å². The SMILES string of the molecule is COc1cc(/C=N\NC(=O)Cc2ccc(Cl)cc2)cc([N+](=O)[O-])c1OCc1ccccc1. The van der Waals surface area contributed by atoms with Gasteiger partial charge in [0, 0.05) is 16.7 Å². The molecule has 0 spiro atoms. The quantitative estimate of drug-likeness (QED) is 0.291. The molecular weight excluding hydrogens is 434 g/mol. The van der Waals surface area contributed by atoms with Crippen LogP contribution in [0.5, 0.6) is 11.5 Å². The fraction of sp³-hybridized carbons (Fsp3) is 0.130. The molecule has 164 valence electrons. The molecular formula is C23H20ClN3O5. The third kappa shape index (κ3) is 6.29. The number of nitro groups is 1. The van der Waals surface area contributed by atoms with Gasteiger partial charge in [-0.3, -0.25) is 14.9 Å². The van der Waals surface area contributed by atoms with Gasteiger partial charge in [-0.2, -0.15) is 5.10 Å². The molecule has 0 saturated carbocycles. The molecule has 0 heterocycles. The number of carbonyl (C=O) groups is 1. The predicted molar refractivity (Wildman–Crippen MR) is 121 cm³/mol. The average molecular weight is 454 g/mol. The third-order valence-corrected chi connectivity index (χ3v) is 4.63. The number of nitrogens with one attached hydrogen (secondary N) is 1. The van der Waals surface area contributed by atoms with Crippen molar-refractivity contribution in [3.63, 3.8) is 0 Å². The lowest BCUT2D eigenvalue weighted by Crippen LogP contribution is -2.19. The highest BCUT2D eigenvalue weighted by Gasteiger charge is 2.22. The molecule has 0 saturated heterocycles. The Kier molecular flexibility index (Phi) is 7.77. The molecule has 3 aromatic rings. The fourth-order valence-electron chi connectivity index (χ4n) is 2.85. The zero-order valence-electron chi connectivity index (χ0n) is 17.2. The highest BCUT2D eigenvalue weighted by molar-refractivity contribution is 6.30. The molecule has 9 heteroatoms. The van der Waals surface area contributed by atoms with Crippen LogP contribution in [0.15, 0.2) is 71.8 Å². The van der Waals surface area contributed by atoms with Crippen molar-refractivity contribution in [3.8, 4) is 11.5 Å². The van der Waals surface area contributed by atoms with Crippen LogP contribution in [-0.4, -0.2) is 24.2 Å². The minimum Gasteiger partial charge on any atom is -0.493 e. The summed E-state index contributed by atoms with van der Waals surface area (Å²) in [7, 11) is 1.39. The van der Waals surface area contributed by atoms with Gasteiger partial charge >= 0.3 is 5.69 Å². The van der Waals surface area contributed by atoms with Crippen LogP contribution < -0.4 is 14.9 Å². The zero-order valence-corrected chi connectivity index (χ0v) is 17.9. The van der Waals surface area contributed by atoms with Crippen molar-refractivity contribution < 1.29 is 19.2 Å². The van der Waals surface area contributed by atoms with Crippen molar-refractivity contribution >= 4 is 29.4 Å². The Morgan fingerprint density at radius 2 is 1.84 bits per heavy atom. The van der Waals surface area contributed by atoms with Gasteiger partial charge in [-0.25, -0.2) is 5.43 Å². The first-order valence-corrected chi connectivity index (χ1v) is 9.93. The van der Waals surface area contributed by atoms with Gasteiger partial charge in [0.1, 0.15) is 6.61 Å². The second kappa shape index (κ2) is 10.9. The number of benzene rings is 3. The highest BCUT2D eigenvalue weighted by atomic mass is 35.5. The van der Waals surface area contributed by atoms with Crippen molar-refractivity contribution in [2.45, 2.75) is 13.0 Å². The van der Waals surface area contributed by atoms with Crippen LogP contribution in [0, 0.1) is 10.1 Å². The van der Waals surface area contributed by atoms with Crippen LogP contribution in [0.25, 0.3) is 0 Å². The molecule has 0 fully saturated rings. The highest BCUT2D eigenvalue weighted by Crippen LogP contribution is 2.38. The number of nitro benzene ring substituents is 1. The number of halogens is 1. The number of hydrogen-bond acceptors (Lipinski definition) is 6. The van der Waals surface area contributed by atoms with Gasteiger partial charge in [-0.05, 0) is 29.3 Å². The van der Waals surface area contributed by atoms with E-state index in [1.807, 2.05) is 30.3 Å². The molecule has 0 aliphatic heterocycles. The Balaban J connectivity index is 1.72. The molecule has 32 heavy (non-hydrogen) atoms. The van der Waals surface area contributed by atoms with Gasteiger partial charge < -0.3 is 9.47 Å². The molecule has 3 rings (SSSR count). The van der Waals surface area contributed by atoms with E-state index in [0.717, 1.165) is 11.1 Å². The smallest absolute Gasteiger partial charge is 0.315 e. The van der Waals surface area contributed by atoms with E-state index in [4.69, 9.17) is 21.1 Å². The van der Waals surface area contributed by atoms with E-state index in [9.17, 15) is 14.9 Å². The summed E-state index contributed by atoms with van der Waals surface area (Å²) in [5.74, 6) is -0.137. The molecule has 0 aromatic heterocycles. The number of ether oxygens (including phenoxy) is 2. The third-order valence-electron chi connectivity index (χ3n) is 4.38. The molecule has 1 N–H and O–H groups in total. The second-order valence-corrected chi connectivity index (χ2v) is 7.14. The van der Waals surface area contributed by atoms with E-state index < -0.39 is 4.92 Å². The van der Waals surface area contributed by atoms with E-state index in [2.05, 4.69) is 10.5 Å². The van der Waals surface area contributed by atoms with Crippen LogP contribution in [0.1, 0.15) is 16.7 Å². The Morgan fingerprint density at radius 3 is 2.50 bits per heavy atom. The van der Waals surface area contributed by atoms with Crippen molar-refractivity contribution in [1.82, 2.24) is 5.43 Å². The van der Waals surface area contributed by atoms with E-state index in [0.29, 0.717) is 10.6 Å². The first kappa shape index (κ1) is 22.8. The minimum absolute atomic E-state index is 0.0188. The van der Waals surface area contributed by atoms with Crippen LogP contribution in [0.3, 0.4) is 0 Å². The summed E-state index contributed by atoms with van der Waals surface area (Å²) in [6, 6.07) is 19.0. The van der Waals surface area contributed by atoms with Crippen molar-refractivity contribution in [2.75, 3.05) is 7.11 Å². The number of hydrazone groups is 1. The number of carbonyl (C=O) groups excluding carboxylic acids is 1. The molecule has 0 aliphatic rings. The number of nitrogens with zero attached hydrogens (tertiary/aromatic N) is 2. The Hall–Kier alpha value is -3.91. The number of methoxy groups -OCH3 is 1. The lowest BCUT2D eigenvalue weighted by Gasteiger charge is -2.12. The minimum atomic E-state index is -0.556. The molecule has 0 bridgehead atoms. The fourth-order valence-corrected chi connectivity index (χ4v) is 2.98. The predicted octanol–water partition coefficient (Wildman–Crippen LogP) is 4.53. The van der Waals surface area contributed by atoms with Gasteiger partial charge in [-0.15, -0.1) is 0 Å². The van der Waals surface area contributed by atoms with Gasteiger partial charge in [-0.1, -0.05) is 54.1 Å². The lowest BCUT2D eigenvalue weighted by molar-refractivity contribution is -0.386. The molecule has 0 radical (unpaired) electrons. The van der Waals surface area contributed by atoms with Crippen LogP contribution in [0.4, 0.5) is 5.69 Å². The summed E-state index contributed by atoms with van der Waals surface area (Å²) in [6.45, 7) is 0.145. The Bertz CT molecular complexity index is 1120. The summed E-state index contributed by atoms with van der Waals surface area (Å²) in [5.41, 5.74) is 4.13. The Morgan fingerprint density at radius 1 is 1.12 bits per heavy atom. The van der Waals surface area contributed by atoms with E-state index in [1.54, 1.807) is 30.3 Å². The standard InChI is InChI=1S/C23H20ClN3O5/c1-31-21-12-18(14-25-26-22(28)13-16-7-9-19(24)10-8-16)11-20(27(29)30)23(21)32-15-17-5-3-2-4-6-17/h2-12,14H,13,15H2,1H3,(H,26,28)/b25-14-. The maximum absolute atomic E-state index is 12.0. The van der Waals surface area contributed by atoms with Crippen LogP contribution in [0.2, 0.25) is 5.02 Å². The monoisotopic (exact) mass is 453 g/mol. The lowest BCUT2D eigenvalue weighted by atomic mass is 10.1. The van der Waals surface area contributed by atoms with Crippen molar-refractivity contribution in [2.24, 2.45) is 5.10 Å². The Labute approximate surface area is 189 Å². The van der Waals surface area contributed by atoms with Gasteiger partial charge in [0.05, 0.1) is 24.7 Å². The van der Waals surface area contributed by atoms with Crippen molar-refractivity contribution in [3.05, 3.63) is 98.6 Å². The maximum Gasteiger partial charge on any atom is 0.315 e. The van der Waals surface area contributed by atoms with E-state index >= 15 is 0 Å². The van der Waals surface area contributed by atoms with Crippen molar-refractivity contribution in [1.29, 1.82) is 0 Å². The zero-order chi connectivity index (χ0) is 22.9. The summed E-state index contributed by atoms with van der Waals surface area (Å²) in [4.78, 5) is 23.1. The first-order valence-electron chi connectivity index (χ1n) is 9.55.